The number of guanidine groups is 1. The number of halogens is 1. The maximum Gasteiger partial charge on any atom is 0.191 e. The summed E-state index contributed by atoms with van der Waals surface area (Å²) in [4.78, 5) is 4.75. The summed E-state index contributed by atoms with van der Waals surface area (Å²) in [6.45, 7) is 12.8. The van der Waals surface area contributed by atoms with Crippen LogP contribution in [0.15, 0.2) is 4.99 Å². The SMILES string of the molecule is CCNC(=NCc1c(C)nn(CCOC)c1C)NCC1(C)CCCO1.I. The normalized spacial score (nSPS) is 20.1. The van der Waals surface area contributed by atoms with Gasteiger partial charge in [-0.05, 0) is 40.5 Å². The van der Waals surface area contributed by atoms with Gasteiger partial charge in [-0.1, -0.05) is 0 Å². The summed E-state index contributed by atoms with van der Waals surface area (Å²) in [6, 6.07) is 0. The molecule has 150 valence electrons. The average molecular weight is 479 g/mol. The second-order valence-corrected chi connectivity index (χ2v) is 6.82. The van der Waals surface area contributed by atoms with Crippen molar-refractivity contribution >= 4 is 29.9 Å². The molecule has 1 aromatic rings. The predicted molar refractivity (Wildman–Crippen MR) is 115 cm³/mol. The van der Waals surface area contributed by atoms with Crippen LogP contribution in [-0.4, -0.2) is 54.8 Å². The average Bonchev–Trinajstić information content (AvgIpc) is 3.13. The van der Waals surface area contributed by atoms with Crippen molar-refractivity contribution in [2.24, 2.45) is 4.99 Å². The molecule has 2 rings (SSSR count). The smallest absolute Gasteiger partial charge is 0.191 e. The third kappa shape index (κ3) is 6.38. The van der Waals surface area contributed by atoms with Crippen molar-refractivity contribution in [2.45, 2.75) is 59.2 Å². The van der Waals surface area contributed by atoms with Crippen molar-refractivity contribution in [1.29, 1.82) is 0 Å². The highest BCUT2D eigenvalue weighted by Gasteiger charge is 2.29. The molecule has 0 radical (unpaired) electrons. The van der Waals surface area contributed by atoms with Crippen LogP contribution in [-0.2, 0) is 22.6 Å². The fourth-order valence-electron chi connectivity index (χ4n) is 3.11. The quantitative estimate of drug-likeness (QED) is 0.341. The first-order valence-electron chi connectivity index (χ1n) is 9.17. The minimum atomic E-state index is -0.0902. The van der Waals surface area contributed by atoms with Gasteiger partial charge in [0.1, 0.15) is 0 Å². The van der Waals surface area contributed by atoms with E-state index >= 15 is 0 Å². The number of nitrogens with one attached hydrogen (secondary N) is 2. The van der Waals surface area contributed by atoms with Crippen molar-refractivity contribution in [3.8, 4) is 0 Å². The molecule has 0 aromatic carbocycles. The molecule has 0 saturated carbocycles. The second-order valence-electron chi connectivity index (χ2n) is 6.82. The van der Waals surface area contributed by atoms with Crippen molar-refractivity contribution in [3.05, 3.63) is 17.0 Å². The van der Waals surface area contributed by atoms with Crippen molar-refractivity contribution in [3.63, 3.8) is 0 Å². The van der Waals surface area contributed by atoms with Gasteiger partial charge in [0, 0.05) is 38.1 Å². The molecule has 1 atom stereocenters. The van der Waals surface area contributed by atoms with Gasteiger partial charge in [0.25, 0.3) is 0 Å². The van der Waals surface area contributed by atoms with Gasteiger partial charge in [0.2, 0.25) is 0 Å². The Hall–Kier alpha value is -0.870. The number of aliphatic imine (C=N–C) groups is 1. The summed E-state index contributed by atoms with van der Waals surface area (Å²) in [5.41, 5.74) is 3.27. The van der Waals surface area contributed by atoms with Crippen LogP contribution in [0.4, 0.5) is 0 Å². The molecule has 2 N–H and O–H groups in total. The van der Waals surface area contributed by atoms with Gasteiger partial charge in [0.05, 0.1) is 31.0 Å². The van der Waals surface area contributed by atoms with Crippen molar-refractivity contribution in [1.82, 2.24) is 20.4 Å². The minimum absolute atomic E-state index is 0. The van der Waals surface area contributed by atoms with E-state index in [2.05, 4.69) is 36.5 Å². The summed E-state index contributed by atoms with van der Waals surface area (Å²) in [5.74, 6) is 0.822. The topological polar surface area (TPSA) is 72.7 Å². The highest BCUT2D eigenvalue weighted by Crippen LogP contribution is 2.23. The van der Waals surface area contributed by atoms with E-state index in [-0.39, 0.29) is 29.6 Å². The van der Waals surface area contributed by atoms with Gasteiger partial charge in [-0.3, -0.25) is 4.68 Å². The Morgan fingerprint density at radius 1 is 1.38 bits per heavy atom. The number of nitrogens with zero attached hydrogens (tertiary/aromatic N) is 3. The highest BCUT2D eigenvalue weighted by atomic mass is 127. The van der Waals surface area contributed by atoms with Crippen LogP contribution in [0.25, 0.3) is 0 Å². The van der Waals surface area contributed by atoms with Gasteiger partial charge in [0.15, 0.2) is 5.96 Å². The molecule has 26 heavy (non-hydrogen) atoms. The Labute approximate surface area is 174 Å². The van der Waals surface area contributed by atoms with E-state index in [9.17, 15) is 0 Å². The Morgan fingerprint density at radius 2 is 2.15 bits per heavy atom. The molecule has 0 amide bonds. The van der Waals surface area contributed by atoms with Crippen LogP contribution < -0.4 is 10.6 Å². The van der Waals surface area contributed by atoms with Gasteiger partial charge >= 0.3 is 0 Å². The van der Waals surface area contributed by atoms with Crippen LogP contribution in [0.3, 0.4) is 0 Å². The first-order valence-corrected chi connectivity index (χ1v) is 9.17. The molecule has 0 bridgehead atoms. The van der Waals surface area contributed by atoms with Gasteiger partial charge in [-0.25, -0.2) is 4.99 Å². The monoisotopic (exact) mass is 479 g/mol. The van der Waals surface area contributed by atoms with Crippen LogP contribution in [0, 0.1) is 13.8 Å². The van der Waals surface area contributed by atoms with Crippen LogP contribution in [0.1, 0.15) is 43.6 Å². The number of aryl methyl sites for hydroxylation is 1. The van der Waals surface area contributed by atoms with Crippen LogP contribution in [0.5, 0.6) is 0 Å². The van der Waals surface area contributed by atoms with Crippen molar-refractivity contribution < 1.29 is 9.47 Å². The maximum absolute atomic E-state index is 5.84. The number of hydrogen-bond donors (Lipinski definition) is 2. The molecule has 1 fully saturated rings. The zero-order chi connectivity index (χ0) is 18.3. The maximum atomic E-state index is 5.84. The lowest BCUT2D eigenvalue weighted by Gasteiger charge is -2.24. The molecular weight excluding hydrogens is 445 g/mol. The van der Waals surface area contributed by atoms with Crippen molar-refractivity contribution in [2.75, 3.05) is 33.4 Å². The minimum Gasteiger partial charge on any atom is -0.383 e. The largest absolute Gasteiger partial charge is 0.383 e. The standard InChI is InChI=1S/C18H33N5O2.HI/c1-6-19-17(21-13-18(4)8-7-10-25-18)20-12-16-14(2)22-23(15(16)3)9-11-24-5;/h6-13H2,1-5H3,(H2,19,20,21);1H. The third-order valence-electron chi connectivity index (χ3n) is 4.71. The van der Waals surface area contributed by atoms with Gasteiger partial charge in [-0.2, -0.15) is 5.10 Å². The first kappa shape index (κ1) is 23.2. The molecule has 0 aliphatic carbocycles. The lowest BCUT2D eigenvalue weighted by molar-refractivity contribution is 0.0243. The molecule has 8 heteroatoms. The zero-order valence-corrected chi connectivity index (χ0v) is 19.1. The van der Waals surface area contributed by atoms with E-state index in [0.717, 1.165) is 56.4 Å². The molecule has 1 aliphatic heterocycles. The lowest BCUT2D eigenvalue weighted by Crippen LogP contribution is -2.45. The Kier molecular flexibility index (Phi) is 9.88. The Balaban J connectivity index is 0.00000338. The Bertz CT molecular complexity index is 582. The molecule has 0 spiro atoms. The summed E-state index contributed by atoms with van der Waals surface area (Å²) in [6.07, 6.45) is 2.22. The summed E-state index contributed by atoms with van der Waals surface area (Å²) < 4.78 is 13.0. The van der Waals surface area contributed by atoms with E-state index < -0.39 is 0 Å². The number of aromatic nitrogens is 2. The number of hydrogen-bond acceptors (Lipinski definition) is 4. The zero-order valence-electron chi connectivity index (χ0n) is 16.7. The molecule has 1 unspecified atom stereocenters. The predicted octanol–water partition coefficient (Wildman–Crippen LogP) is 2.39. The highest BCUT2D eigenvalue weighted by molar-refractivity contribution is 14.0. The van der Waals surface area contributed by atoms with E-state index in [1.54, 1.807) is 7.11 Å². The summed E-state index contributed by atoms with van der Waals surface area (Å²) in [7, 11) is 1.71. The van der Waals surface area contributed by atoms with Crippen LogP contribution >= 0.6 is 24.0 Å². The fourth-order valence-corrected chi connectivity index (χ4v) is 3.11. The molecule has 1 saturated heterocycles. The molecule has 2 heterocycles. The lowest BCUT2D eigenvalue weighted by atomic mass is 10.0. The number of ether oxygens (including phenoxy) is 2. The Morgan fingerprint density at radius 3 is 2.77 bits per heavy atom. The molecular formula is C18H34IN5O2. The van der Waals surface area contributed by atoms with Crippen LogP contribution in [0.2, 0.25) is 0 Å². The van der Waals surface area contributed by atoms with E-state index in [4.69, 9.17) is 14.5 Å². The third-order valence-corrected chi connectivity index (χ3v) is 4.71. The first-order chi connectivity index (χ1) is 12.0. The second kappa shape index (κ2) is 11.1. The fraction of sp³-hybridized carbons (Fsp3) is 0.778. The molecule has 1 aliphatic rings. The number of methoxy groups -OCH3 is 1. The summed E-state index contributed by atoms with van der Waals surface area (Å²) >= 11 is 0. The van der Waals surface area contributed by atoms with E-state index in [0.29, 0.717) is 13.2 Å². The van der Waals surface area contributed by atoms with E-state index in [1.165, 1.54) is 5.56 Å². The van der Waals surface area contributed by atoms with Gasteiger partial charge in [-0.15, -0.1) is 24.0 Å². The molecule has 7 nitrogen and oxygen atoms in total. The number of rotatable bonds is 8. The van der Waals surface area contributed by atoms with Gasteiger partial charge < -0.3 is 20.1 Å². The molecule has 1 aromatic heterocycles. The van der Waals surface area contributed by atoms with E-state index in [1.807, 2.05) is 11.6 Å². The summed E-state index contributed by atoms with van der Waals surface area (Å²) in [5, 5.41) is 11.3.